The van der Waals surface area contributed by atoms with Crippen LogP contribution in [0.15, 0.2) is 29.2 Å². The van der Waals surface area contributed by atoms with E-state index in [0.29, 0.717) is 25.9 Å². The van der Waals surface area contributed by atoms with Gasteiger partial charge < -0.3 is 0 Å². The summed E-state index contributed by atoms with van der Waals surface area (Å²) in [6.45, 7) is 3.21. The molecule has 0 aliphatic carbocycles. The minimum atomic E-state index is -3.62. The van der Waals surface area contributed by atoms with Gasteiger partial charge in [0.05, 0.1) is 17.0 Å². The summed E-state index contributed by atoms with van der Waals surface area (Å²) in [6, 6.07) is 6.65. The van der Waals surface area contributed by atoms with Gasteiger partial charge in [-0.1, -0.05) is 0 Å². The van der Waals surface area contributed by atoms with Gasteiger partial charge in [0.25, 0.3) is 0 Å². The molecule has 1 fully saturated rings. The van der Waals surface area contributed by atoms with E-state index >= 15 is 0 Å². The normalized spacial score (nSPS) is 19.1. The molecular formula is C14H18FN3O2S. The number of nitrogens with one attached hydrogen (secondary N) is 1. The lowest BCUT2D eigenvalue weighted by Crippen LogP contribution is -2.46. The molecule has 0 amide bonds. The van der Waals surface area contributed by atoms with E-state index in [1.807, 2.05) is 11.8 Å². The second-order valence-electron chi connectivity index (χ2n) is 5.19. The molecule has 7 heteroatoms. The van der Waals surface area contributed by atoms with Gasteiger partial charge in [-0.25, -0.2) is 17.5 Å². The van der Waals surface area contributed by atoms with Gasteiger partial charge in [0, 0.05) is 19.1 Å². The number of benzene rings is 1. The molecule has 0 spiro atoms. The summed E-state index contributed by atoms with van der Waals surface area (Å²) in [6.07, 6.45) is 1.32. The Morgan fingerprint density at radius 3 is 2.43 bits per heavy atom. The number of rotatable bonds is 4. The summed E-state index contributed by atoms with van der Waals surface area (Å²) in [5.41, 5.74) is 0. The van der Waals surface area contributed by atoms with Crippen molar-refractivity contribution in [3.05, 3.63) is 30.1 Å². The second kappa shape index (κ2) is 6.52. The van der Waals surface area contributed by atoms with Crippen LogP contribution in [0.4, 0.5) is 4.39 Å². The van der Waals surface area contributed by atoms with E-state index in [-0.39, 0.29) is 17.0 Å². The van der Waals surface area contributed by atoms with Crippen LogP contribution in [-0.4, -0.2) is 38.5 Å². The Morgan fingerprint density at radius 2 is 1.90 bits per heavy atom. The first kappa shape index (κ1) is 15.9. The predicted molar refractivity (Wildman–Crippen MR) is 76.4 cm³/mol. The van der Waals surface area contributed by atoms with Crippen LogP contribution in [0.2, 0.25) is 0 Å². The molecule has 1 aromatic rings. The Kier molecular flexibility index (Phi) is 4.93. The number of likely N-dealkylation sites (tertiary alicyclic amines) is 1. The number of piperidine rings is 1. The molecule has 1 N–H and O–H groups in total. The molecule has 1 aliphatic heterocycles. The zero-order valence-electron chi connectivity index (χ0n) is 11.8. The van der Waals surface area contributed by atoms with E-state index in [4.69, 9.17) is 5.26 Å². The van der Waals surface area contributed by atoms with Gasteiger partial charge in [-0.15, -0.1) is 0 Å². The van der Waals surface area contributed by atoms with Crippen LogP contribution in [0.1, 0.15) is 19.8 Å². The molecule has 1 atom stereocenters. The fraction of sp³-hybridized carbons (Fsp3) is 0.500. The maximum atomic E-state index is 12.8. The quantitative estimate of drug-likeness (QED) is 0.914. The molecule has 1 heterocycles. The zero-order chi connectivity index (χ0) is 15.5. The van der Waals surface area contributed by atoms with Crippen LogP contribution in [-0.2, 0) is 10.0 Å². The Labute approximate surface area is 124 Å². The lowest BCUT2D eigenvalue weighted by Gasteiger charge is -2.33. The average molecular weight is 311 g/mol. The molecule has 0 radical (unpaired) electrons. The van der Waals surface area contributed by atoms with Crippen molar-refractivity contribution in [3.63, 3.8) is 0 Å². The second-order valence-corrected chi connectivity index (χ2v) is 6.90. The lowest BCUT2D eigenvalue weighted by atomic mass is 10.0. The molecule has 0 bridgehead atoms. The highest BCUT2D eigenvalue weighted by Gasteiger charge is 2.26. The summed E-state index contributed by atoms with van der Waals surface area (Å²) >= 11 is 0. The summed E-state index contributed by atoms with van der Waals surface area (Å²) in [5.74, 6) is -0.465. The summed E-state index contributed by atoms with van der Waals surface area (Å²) in [4.78, 5) is 2.10. The maximum absolute atomic E-state index is 12.8. The first-order valence-corrected chi connectivity index (χ1v) is 8.32. The van der Waals surface area contributed by atoms with E-state index in [1.54, 1.807) is 0 Å². The summed E-state index contributed by atoms with van der Waals surface area (Å²) < 4.78 is 39.9. The summed E-state index contributed by atoms with van der Waals surface area (Å²) in [5, 5.41) is 8.88. The van der Waals surface area contributed by atoms with E-state index < -0.39 is 15.8 Å². The molecule has 0 unspecified atom stereocenters. The third-order valence-corrected chi connectivity index (χ3v) is 5.25. The molecule has 0 aromatic heterocycles. The lowest BCUT2D eigenvalue weighted by molar-refractivity contribution is 0.186. The minimum absolute atomic E-state index is 0.0664. The number of hydrogen-bond donors (Lipinski definition) is 1. The Balaban J connectivity index is 1.97. The zero-order valence-corrected chi connectivity index (χ0v) is 12.6. The van der Waals surface area contributed by atoms with Gasteiger partial charge in [0.15, 0.2) is 0 Å². The topological polar surface area (TPSA) is 73.2 Å². The molecular weight excluding hydrogens is 293 g/mol. The van der Waals surface area contributed by atoms with Gasteiger partial charge in [0.2, 0.25) is 10.0 Å². The van der Waals surface area contributed by atoms with Gasteiger partial charge in [-0.2, -0.15) is 5.26 Å². The van der Waals surface area contributed by atoms with Crippen LogP contribution in [0, 0.1) is 17.1 Å². The van der Waals surface area contributed by atoms with E-state index in [0.717, 1.165) is 12.1 Å². The number of hydrogen-bond acceptors (Lipinski definition) is 4. The van der Waals surface area contributed by atoms with E-state index in [1.165, 1.54) is 12.1 Å². The highest BCUT2D eigenvalue weighted by atomic mass is 32.2. The average Bonchev–Trinajstić information content (AvgIpc) is 2.47. The van der Waals surface area contributed by atoms with Crippen molar-refractivity contribution >= 4 is 10.0 Å². The predicted octanol–water partition coefficient (Wildman–Crippen LogP) is 1.48. The molecule has 2 rings (SSSR count). The number of halogens is 1. The van der Waals surface area contributed by atoms with E-state index in [2.05, 4.69) is 10.8 Å². The van der Waals surface area contributed by atoms with Crippen LogP contribution in [0.5, 0.6) is 0 Å². The van der Waals surface area contributed by atoms with Crippen LogP contribution < -0.4 is 4.72 Å². The Bertz CT molecular complexity index is 617. The third-order valence-electron chi connectivity index (χ3n) is 3.71. The third kappa shape index (κ3) is 4.00. The van der Waals surface area contributed by atoms with Crippen molar-refractivity contribution in [1.82, 2.24) is 9.62 Å². The van der Waals surface area contributed by atoms with Crippen LogP contribution in [0.25, 0.3) is 0 Å². The molecule has 21 heavy (non-hydrogen) atoms. The monoisotopic (exact) mass is 311 g/mol. The molecule has 114 valence electrons. The minimum Gasteiger partial charge on any atom is -0.288 e. The SMILES string of the molecule is C[C@H](C#N)N1CCC(NS(=O)(=O)c2ccc(F)cc2)CC1. The number of nitrogens with zero attached hydrogens (tertiary/aromatic N) is 2. The Morgan fingerprint density at radius 1 is 1.33 bits per heavy atom. The first-order chi connectivity index (χ1) is 9.92. The fourth-order valence-corrected chi connectivity index (χ4v) is 3.69. The van der Waals surface area contributed by atoms with Crippen molar-refractivity contribution < 1.29 is 12.8 Å². The molecule has 1 aliphatic rings. The molecule has 0 saturated carbocycles. The van der Waals surface area contributed by atoms with Gasteiger partial charge in [-0.3, -0.25) is 4.90 Å². The van der Waals surface area contributed by atoms with Crippen LogP contribution >= 0.6 is 0 Å². The van der Waals surface area contributed by atoms with Crippen molar-refractivity contribution in [3.8, 4) is 6.07 Å². The van der Waals surface area contributed by atoms with Crippen molar-refractivity contribution in [2.24, 2.45) is 0 Å². The first-order valence-electron chi connectivity index (χ1n) is 6.84. The Hall–Kier alpha value is -1.49. The van der Waals surface area contributed by atoms with Crippen molar-refractivity contribution in [2.75, 3.05) is 13.1 Å². The largest absolute Gasteiger partial charge is 0.288 e. The summed E-state index contributed by atoms with van der Waals surface area (Å²) in [7, 11) is -3.62. The van der Waals surface area contributed by atoms with Gasteiger partial charge in [-0.05, 0) is 44.0 Å². The van der Waals surface area contributed by atoms with E-state index in [9.17, 15) is 12.8 Å². The molecule has 5 nitrogen and oxygen atoms in total. The smallest absolute Gasteiger partial charge is 0.240 e. The van der Waals surface area contributed by atoms with Crippen LogP contribution in [0.3, 0.4) is 0 Å². The highest BCUT2D eigenvalue weighted by molar-refractivity contribution is 7.89. The number of sulfonamides is 1. The number of nitriles is 1. The molecule has 1 aromatic carbocycles. The fourth-order valence-electron chi connectivity index (χ4n) is 2.39. The van der Waals surface area contributed by atoms with Gasteiger partial charge in [0.1, 0.15) is 5.82 Å². The standard InChI is InChI=1S/C14H18FN3O2S/c1-11(10-16)18-8-6-13(7-9-18)17-21(19,20)14-4-2-12(15)3-5-14/h2-5,11,13,17H,6-9H2,1H3/t11-/m1/s1. The maximum Gasteiger partial charge on any atom is 0.240 e. The van der Waals surface area contributed by atoms with Crippen molar-refractivity contribution in [2.45, 2.75) is 36.7 Å². The van der Waals surface area contributed by atoms with Crippen molar-refractivity contribution in [1.29, 1.82) is 5.26 Å². The molecule has 1 saturated heterocycles. The highest BCUT2D eigenvalue weighted by Crippen LogP contribution is 2.16. The van der Waals surface area contributed by atoms with Gasteiger partial charge >= 0.3 is 0 Å².